The van der Waals surface area contributed by atoms with Gasteiger partial charge in [0.25, 0.3) is 0 Å². The Morgan fingerprint density at radius 3 is 1.95 bits per heavy atom. The van der Waals surface area contributed by atoms with Gasteiger partial charge in [0.15, 0.2) is 5.78 Å². The maximum atomic E-state index is 12.2. The number of hydrogen-bond donors (Lipinski definition) is 1. The number of quaternary nitrogens is 1. The summed E-state index contributed by atoms with van der Waals surface area (Å²) in [6.45, 7) is 0. The topological polar surface area (TPSA) is 147 Å². The molecule has 0 saturated carbocycles. The van der Waals surface area contributed by atoms with Crippen molar-refractivity contribution in [3.8, 4) is 18.2 Å². The molecule has 1 aromatic rings. The number of Topliss-reactive ketones (excluding diaryl/α,β-unsaturated/α-hetero) is 1. The maximum Gasteiger partial charge on any atom is 0.197 e. The van der Waals surface area contributed by atoms with Gasteiger partial charge in [-0.3, -0.25) is 4.79 Å². The van der Waals surface area contributed by atoms with Gasteiger partial charge in [0, 0.05) is 10.6 Å². The quantitative estimate of drug-likeness (QED) is 0.300. The molecule has 102 valence electrons. The summed E-state index contributed by atoms with van der Waals surface area (Å²) < 4.78 is 0. The van der Waals surface area contributed by atoms with Crippen molar-refractivity contribution in [1.29, 1.82) is 15.8 Å². The van der Waals surface area contributed by atoms with Crippen molar-refractivity contribution in [3.05, 3.63) is 57.0 Å². The van der Waals surface area contributed by atoms with Crippen molar-refractivity contribution in [1.82, 2.24) is 6.15 Å². The van der Waals surface area contributed by atoms with E-state index in [0.717, 1.165) is 0 Å². The molecule has 0 amide bonds. The van der Waals surface area contributed by atoms with Crippen molar-refractivity contribution in [2.75, 3.05) is 0 Å². The van der Waals surface area contributed by atoms with Gasteiger partial charge >= 0.3 is 0 Å². The highest BCUT2D eigenvalue weighted by Gasteiger charge is 2.21. The van der Waals surface area contributed by atoms with Crippen LogP contribution in [-0.2, 0) is 0 Å². The normalized spacial score (nSPS) is 7.90. The summed E-state index contributed by atoms with van der Waals surface area (Å²) >= 11 is 5.69. The van der Waals surface area contributed by atoms with E-state index in [4.69, 9.17) is 32.8 Å². The largest absolute Gasteiger partial charge is 0.762 e. The van der Waals surface area contributed by atoms with Crippen LogP contribution < -0.4 is 6.15 Å². The molecule has 0 atom stereocenters. The molecular weight excluding hydrogens is 290 g/mol. The first-order valence-electron chi connectivity index (χ1n) is 5.11. The van der Waals surface area contributed by atoms with Crippen LogP contribution in [0.5, 0.6) is 0 Å². The van der Waals surface area contributed by atoms with Crippen molar-refractivity contribution < 1.29 is 4.79 Å². The van der Waals surface area contributed by atoms with Crippen LogP contribution in [0.4, 0.5) is 0 Å². The third-order valence-corrected chi connectivity index (χ3v) is 2.53. The zero-order chi connectivity index (χ0) is 15.1. The average Bonchev–Trinajstić information content (AvgIpc) is 2.48. The number of benzene rings is 1. The lowest BCUT2D eigenvalue weighted by atomic mass is 9.94. The molecule has 0 aliphatic rings. The Kier molecular flexibility index (Phi) is 6.84. The number of hydrogen-bond acceptors (Lipinski definition) is 4. The Morgan fingerprint density at radius 2 is 1.57 bits per heavy atom. The first kappa shape index (κ1) is 17.8. The molecule has 0 fully saturated rings. The van der Waals surface area contributed by atoms with E-state index in [9.17, 15) is 4.79 Å². The lowest BCUT2D eigenvalue weighted by molar-refractivity contribution is 0.103. The number of ketones is 1. The molecule has 0 radical (unpaired) electrons. The minimum absolute atomic E-state index is 0. The van der Waals surface area contributed by atoms with E-state index in [1.54, 1.807) is 0 Å². The van der Waals surface area contributed by atoms with Gasteiger partial charge < -0.3 is 11.6 Å². The Bertz CT molecular complexity index is 750. The molecular formula is C14H8ClN5O. The molecule has 0 aliphatic heterocycles. The lowest BCUT2D eigenvalue weighted by Crippen LogP contribution is -2.08. The number of halogens is 1. The van der Waals surface area contributed by atoms with E-state index in [0.29, 0.717) is 5.02 Å². The molecule has 0 saturated heterocycles. The molecule has 6 nitrogen and oxygen atoms in total. The Balaban J connectivity index is 0.00000400. The van der Waals surface area contributed by atoms with Gasteiger partial charge in [-0.25, -0.2) is 5.87 Å². The fourth-order valence-corrected chi connectivity index (χ4v) is 1.50. The standard InChI is InChI=1S/C14H4ClN4O.H3N/c15-12-3-1-9(2-4-12)14(20)13(10(5-16)6-17)11(7-18)8-19;/h1-4H;1H3/q-1;/p+1. The molecule has 1 aromatic carbocycles. The second-order valence-electron chi connectivity index (χ2n) is 3.41. The first-order valence-corrected chi connectivity index (χ1v) is 5.49. The van der Waals surface area contributed by atoms with Crippen molar-refractivity contribution in [2.24, 2.45) is 0 Å². The van der Waals surface area contributed by atoms with E-state index >= 15 is 0 Å². The molecule has 0 unspecified atom stereocenters. The second-order valence-corrected chi connectivity index (χ2v) is 3.84. The maximum absolute atomic E-state index is 12.2. The molecule has 0 bridgehead atoms. The lowest BCUT2D eigenvalue weighted by Gasteiger charge is -2.05. The molecule has 7 heteroatoms. The number of nitriles is 3. The summed E-state index contributed by atoms with van der Waals surface area (Å²) in [5.41, 5.74) is -1.54. The summed E-state index contributed by atoms with van der Waals surface area (Å²) in [5, 5.41) is 35.8. The first-order chi connectivity index (χ1) is 9.58. The van der Waals surface area contributed by atoms with Crippen LogP contribution in [0.15, 0.2) is 41.0 Å². The predicted molar refractivity (Wildman–Crippen MR) is 77.5 cm³/mol. The van der Waals surface area contributed by atoms with E-state index in [-0.39, 0.29) is 11.7 Å². The molecule has 21 heavy (non-hydrogen) atoms. The van der Waals surface area contributed by atoms with Gasteiger partial charge in [-0.1, -0.05) is 11.6 Å². The van der Waals surface area contributed by atoms with Crippen LogP contribution in [0.3, 0.4) is 0 Å². The van der Waals surface area contributed by atoms with Crippen molar-refractivity contribution >= 4 is 23.3 Å². The summed E-state index contributed by atoms with van der Waals surface area (Å²) in [5.74, 6) is 0.760. The number of carbonyl (C=O) groups excluding carboxylic acids is 1. The zero-order valence-corrected chi connectivity index (χ0v) is 11.6. The van der Waals surface area contributed by atoms with Crippen LogP contribution >= 0.6 is 11.6 Å². The van der Waals surface area contributed by atoms with Crippen LogP contribution in [0.2, 0.25) is 5.02 Å². The smallest absolute Gasteiger partial charge is 0.197 e. The Labute approximate surface area is 125 Å². The van der Waals surface area contributed by atoms with E-state index in [1.807, 2.05) is 0 Å². The van der Waals surface area contributed by atoms with Crippen LogP contribution in [-0.4, -0.2) is 11.7 Å². The molecule has 0 spiro atoms. The third kappa shape index (κ3) is 3.88. The summed E-state index contributed by atoms with van der Waals surface area (Å²) in [7, 11) is 0. The van der Waals surface area contributed by atoms with Gasteiger partial charge in [0.2, 0.25) is 0 Å². The fourth-order valence-electron chi connectivity index (χ4n) is 1.37. The highest BCUT2D eigenvalue weighted by atomic mass is 35.5. The summed E-state index contributed by atoms with van der Waals surface area (Å²) in [6.07, 6.45) is 0. The van der Waals surface area contributed by atoms with Crippen LogP contribution in [0.1, 0.15) is 10.4 Å². The minimum Gasteiger partial charge on any atom is -0.762 e. The molecule has 1 rings (SSSR count). The van der Waals surface area contributed by atoms with Gasteiger partial charge in [0.05, 0.1) is 11.1 Å². The number of carbonyl (C=O) groups is 1. The average molecular weight is 298 g/mol. The Hall–Kier alpha value is -3.20. The number of allylic oxidation sites excluding steroid dienone is 3. The van der Waals surface area contributed by atoms with Crippen molar-refractivity contribution in [3.63, 3.8) is 0 Å². The monoisotopic (exact) mass is 297 g/mol. The molecule has 0 aliphatic carbocycles. The zero-order valence-electron chi connectivity index (χ0n) is 10.9. The van der Waals surface area contributed by atoms with Gasteiger partial charge in [-0.05, 0) is 24.3 Å². The minimum atomic E-state index is -0.752. The fraction of sp³-hybridized carbons (Fsp3) is 0. The van der Waals surface area contributed by atoms with Gasteiger partial charge in [-0.2, -0.15) is 15.8 Å². The van der Waals surface area contributed by atoms with Crippen LogP contribution in [0, 0.1) is 34.0 Å². The second kappa shape index (κ2) is 8.07. The van der Waals surface area contributed by atoms with E-state index < -0.39 is 22.5 Å². The third-order valence-electron chi connectivity index (χ3n) is 2.28. The molecule has 4 N–H and O–H groups in total. The van der Waals surface area contributed by atoms with Gasteiger partial charge in [-0.15, -0.1) is 0 Å². The summed E-state index contributed by atoms with van der Waals surface area (Å²) in [4.78, 5) is 12.2. The highest BCUT2D eigenvalue weighted by molar-refractivity contribution is 6.30. The highest BCUT2D eigenvalue weighted by Crippen LogP contribution is 2.20. The van der Waals surface area contributed by atoms with Gasteiger partial charge in [0.1, 0.15) is 23.8 Å². The summed E-state index contributed by atoms with van der Waals surface area (Å²) in [6, 6.07) is 10.2. The number of rotatable bonds is 3. The molecule has 0 heterocycles. The molecule has 0 aromatic heterocycles. The van der Waals surface area contributed by atoms with E-state index in [2.05, 4.69) is 0 Å². The SMILES string of the molecule is N#CC(=C=[N-])C(C(=O)c1ccc(Cl)cc1)=C(C#N)C#N.[NH4+]. The predicted octanol–water partition coefficient (Wildman–Crippen LogP) is 2.93. The number of nitrogens with zero attached hydrogens (tertiary/aromatic N) is 4. The van der Waals surface area contributed by atoms with Crippen molar-refractivity contribution in [2.45, 2.75) is 0 Å². The van der Waals surface area contributed by atoms with E-state index in [1.165, 1.54) is 48.3 Å². The van der Waals surface area contributed by atoms with Crippen LogP contribution in [0.25, 0.3) is 5.41 Å². The Morgan fingerprint density at radius 1 is 1.05 bits per heavy atom.